The lowest BCUT2D eigenvalue weighted by Gasteiger charge is -2.37. The van der Waals surface area contributed by atoms with Crippen LogP contribution >= 0.6 is 0 Å². The zero-order valence-corrected chi connectivity index (χ0v) is 18.5. The van der Waals surface area contributed by atoms with Crippen LogP contribution < -0.4 is 14.8 Å². The maximum absolute atomic E-state index is 12.9. The fraction of sp³-hybridized carbons (Fsp3) is 0.360. The lowest BCUT2D eigenvalue weighted by Crippen LogP contribution is -2.55. The molecule has 33 heavy (non-hydrogen) atoms. The van der Waals surface area contributed by atoms with Gasteiger partial charge in [0.1, 0.15) is 18.0 Å². The van der Waals surface area contributed by atoms with Crippen molar-refractivity contribution in [3.05, 3.63) is 60.4 Å². The third-order valence-corrected chi connectivity index (χ3v) is 6.08. The molecule has 0 saturated carbocycles. The van der Waals surface area contributed by atoms with E-state index in [1.807, 2.05) is 55.5 Å². The number of fused-ring (bicyclic) bond motifs is 2. The maximum atomic E-state index is 12.9. The molecule has 2 unspecified atom stereocenters. The number of nitrogens with zero attached hydrogens (tertiary/aromatic N) is 2. The highest BCUT2D eigenvalue weighted by Gasteiger charge is 2.33. The standard InChI is InChI=1S/C25H27N3O5/c1-17(22-14-18-6-2-3-7-19(18)32-22)26-24(29)15-27-10-12-28(13-11-27)25(30)23-16-31-20-8-4-5-9-21(20)33-23/h2-9,14,17,23H,10-13,15-16H2,1H3,(H,26,29). The second-order valence-corrected chi connectivity index (χ2v) is 8.44. The summed E-state index contributed by atoms with van der Waals surface area (Å²) in [5, 5.41) is 4.03. The van der Waals surface area contributed by atoms with Crippen LogP contribution in [-0.4, -0.2) is 67.0 Å². The Balaban J connectivity index is 1.09. The minimum absolute atomic E-state index is 0.0663. The first-order chi connectivity index (χ1) is 16.1. The number of amides is 2. The Kier molecular flexibility index (Phi) is 5.92. The molecule has 1 fully saturated rings. The highest BCUT2D eigenvalue weighted by Crippen LogP contribution is 2.31. The van der Waals surface area contributed by atoms with Crippen LogP contribution in [-0.2, 0) is 9.59 Å². The van der Waals surface area contributed by atoms with Crippen molar-refractivity contribution in [1.82, 2.24) is 15.1 Å². The van der Waals surface area contributed by atoms with Gasteiger partial charge in [-0.2, -0.15) is 0 Å². The molecule has 0 spiro atoms. The molecule has 3 aromatic rings. The van der Waals surface area contributed by atoms with E-state index in [-0.39, 0.29) is 31.0 Å². The first-order valence-corrected chi connectivity index (χ1v) is 11.2. The Bertz CT molecular complexity index is 1120. The van der Waals surface area contributed by atoms with Crippen LogP contribution in [0.4, 0.5) is 0 Å². The molecular formula is C25H27N3O5. The summed E-state index contributed by atoms with van der Waals surface area (Å²) in [6.45, 7) is 4.75. The molecule has 2 atom stereocenters. The summed E-state index contributed by atoms with van der Waals surface area (Å²) >= 11 is 0. The van der Waals surface area contributed by atoms with Gasteiger partial charge in [-0.05, 0) is 31.2 Å². The summed E-state index contributed by atoms with van der Waals surface area (Å²) < 4.78 is 17.4. The van der Waals surface area contributed by atoms with Crippen molar-refractivity contribution < 1.29 is 23.5 Å². The number of para-hydroxylation sites is 3. The molecule has 5 rings (SSSR count). The quantitative estimate of drug-likeness (QED) is 0.645. The number of carbonyl (C=O) groups is 2. The molecule has 1 aromatic heterocycles. The van der Waals surface area contributed by atoms with Crippen LogP contribution in [0.1, 0.15) is 18.7 Å². The number of carbonyl (C=O) groups excluding carboxylic acids is 2. The minimum Gasteiger partial charge on any atom is -0.485 e. The lowest BCUT2D eigenvalue weighted by atomic mass is 10.2. The Labute approximate surface area is 192 Å². The number of piperazine rings is 1. The van der Waals surface area contributed by atoms with Crippen molar-refractivity contribution in [2.45, 2.75) is 19.1 Å². The molecule has 0 aliphatic carbocycles. The van der Waals surface area contributed by atoms with E-state index in [1.54, 1.807) is 11.0 Å². The molecule has 0 bridgehead atoms. The number of hydrogen-bond acceptors (Lipinski definition) is 6. The Morgan fingerprint density at radius 1 is 1.03 bits per heavy atom. The highest BCUT2D eigenvalue weighted by atomic mass is 16.6. The van der Waals surface area contributed by atoms with Gasteiger partial charge in [0.15, 0.2) is 11.5 Å². The second kappa shape index (κ2) is 9.15. The highest BCUT2D eigenvalue weighted by molar-refractivity contribution is 5.82. The number of rotatable bonds is 5. The second-order valence-electron chi connectivity index (χ2n) is 8.44. The van der Waals surface area contributed by atoms with Gasteiger partial charge >= 0.3 is 0 Å². The normalized spacial score (nSPS) is 19.3. The number of furan rings is 1. The lowest BCUT2D eigenvalue weighted by molar-refractivity contribution is -0.143. The average Bonchev–Trinajstić information content (AvgIpc) is 3.28. The molecule has 2 aliphatic rings. The van der Waals surface area contributed by atoms with Crippen LogP contribution in [0.3, 0.4) is 0 Å². The van der Waals surface area contributed by atoms with Gasteiger partial charge in [0.05, 0.1) is 12.6 Å². The molecule has 1 saturated heterocycles. The predicted octanol–water partition coefficient (Wildman–Crippen LogP) is 2.59. The zero-order chi connectivity index (χ0) is 22.8. The number of benzene rings is 2. The molecule has 1 N–H and O–H groups in total. The molecule has 0 radical (unpaired) electrons. The van der Waals surface area contributed by atoms with E-state index in [0.29, 0.717) is 37.7 Å². The summed E-state index contributed by atoms with van der Waals surface area (Å²) in [5.74, 6) is 1.84. The molecule has 2 aromatic carbocycles. The molecule has 2 aliphatic heterocycles. The van der Waals surface area contributed by atoms with Gasteiger partial charge in [0.2, 0.25) is 12.0 Å². The topological polar surface area (TPSA) is 84.3 Å². The fourth-order valence-electron chi connectivity index (χ4n) is 4.25. The van der Waals surface area contributed by atoms with Crippen molar-refractivity contribution >= 4 is 22.8 Å². The monoisotopic (exact) mass is 449 g/mol. The van der Waals surface area contributed by atoms with Gasteiger partial charge < -0.3 is 24.1 Å². The summed E-state index contributed by atoms with van der Waals surface area (Å²) in [7, 11) is 0. The van der Waals surface area contributed by atoms with Crippen molar-refractivity contribution in [3.8, 4) is 11.5 Å². The van der Waals surface area contributed by atoms with Gasteiger partial charge in [-0.15, -0.1) is 0 Å². The van der Waals surface area contributed by atoms with E-state index in [4.69, 9.17) is 13.9 Å². The van der Waals surface area contributed by atoms with Crippen molar-refractivity contribution in [3.63, 3.8) is 0 Å². The third-order valence-electron chi connectivity index (χ3n) is 6.08. The van der Waals surface area contributed by atoms with Gasteiger partial charge in [0, 0.05) is 31.6 Å². The Morgan fingerprint density at radius 3 is 2.55 bits per heavy atom. The summed E-state index contributed by atoms with van der Waals surface area (Å²) in [6.07, 6.45) is -0.639. The number of hydrogen-bond donors (Lipinski definition) is 1. The van der Waals surface area contributed by atoms with E-state index in [9.17, 15) is 9.59 Å². The number of nitrogens with one attached hydrogen (secondary N) is 1. The first-order valence-electron chi connectivity index (χ1n) is 11.2. The third kappa shape index (κ3) is 4.66. The summed E-state index contributed by atoms with van der Waals surface area (Å²) in [6, 6.07) is 16.9. The van der Waals surface area contributed by atoms with Gasteiger partial charge in [0.25, 0.3) is 5.91 Å². The largest absolute Gasteiger partial charge is 0.485 e. The zero-order valence-electron chi connectivity index (χ0n) is 18.5. The van der Waals surface area contributed by atoms with Crippen LogP contribution in [0.15, 0.2) is 59.0 Å². The maximum Gasteiger partial charge on any atom is 0.267 e. The molecule has 172 valence electrons. The van der Waals surface area contributed by atoms with Crippen molar-refractivity contribution in [2.75, 3.05) is 39.3 Å². The van der Waals surface area contributed by atoms with Crippen molar-refractivity contribution in [1.29, 1.82) is 0 Å². The van der Waals surface area contributed by atoms with E-state index in [0.717, 1.165) is 16.7 Å². The first kappa shape index (κ1) is 21.3. The fourth-order valence-corrected chi connectivity index (χ4v) is 4.25. The van der Waals surface area contributed by atoms with E-state index >= 15 is 0 Å². The SMILES string of the molecule is CC(NC(=O)CN1CCN(C(=O)C2COc3ccccc3O2)CC1)c1cc2ccccc2o1. The van der Waals surface area contributed by atoms with Crippen LogP contribution in [0.5, 0.6) is 11.5 Å². The molecule has 3 heterocycles. The average molecular weight is 450 g/mol. The molecular weight excluding hydrogens is 422 g/mol. The van der Waals surface area contributed by atoms with Crippen molar-refractivity contribution in [2.24, 2.45) is 0 Å². The smallest absolute Gasteiger partial charge is 0.267 e. The van der Waals surface area contributed by atoms with E-state index < -0.39 is 6.10 Å². The van der Waals surface area contributed by atoms with Crippen LogP contribution in [0.2, 0.25) is 0 Å². The predicted molar refractivity (Wildman–Crippen MR) is 122 cm³/mol. The summed E-state index contributed by atoms with van der Waals surface area (Å²) in [5.41, 5.74) is 0.810. The minimum atomic E-state index is -0.639. The Hall–Kier alpha value is -3.52. The molecule has 8 nitrogen and oxygen atoms in total. The van der Waals surface area contributed by atoms with Crippen LogP contribution in [0.25, 0.3) is 11.0 Å². The van der Waals surface area contributed by atoms with Gasteiger partial charge in [-0.3, -0.25) is 14.5 Å². The van der Waals surface area contributed by atoms with Crippen LogP contribution in [0, 0.1) is 0 Å². The molecule has 2 amide bonds. The van der Waals surface area contributed by atoms with E-state index in [2.05, 4.69) is 10.2 Å². The summed E-state index contributed by atoms with van der Waals surface area (Å²) in [4.78, 5) is 29.3. The Morgan fingerprint density at radius 2 is 1.76 bits per heavy atom. The van der Waals surface area contributed by atoms with E-state index in [1.165, 1.54) is 0 Å². The van der Waals surface area contributed by atoms with Gasteiger partial charge in [-0.25, -0.2) is 0 Å². The van der Waals surface area contributed by atoms with Gasteiger partial charge in [-0.1, -0.05) is 30.3 Å². The number of ether oxygens (including phenoxy) is 2. The molecule has 8 heteroatoms.